The number of carbonyl (C=O) groups is 2. The molecule has 0 spiro atoms. The largest absolute Gasteiger partial charge is 0.453 e. The molecule has 0 saturated heterocycles. The highest BCUT2D eigenvalue weighted by Gasteiger charge is 2.22. The van der Waals surface area contributed by atoms with E-state index in [0.29, 0.717) is 6.42 Å². The number of esters is 1. The van der Waals surface area contributed by atoms with Crippen LogP contribution in [0.25, 0.3) is 0 Å². The Kier molecular flexibility index (Phi) is 7.87. The van der Waals surface area contributed by atoms with Crippen LogP contribution in [0.5, 0.6) is 0 Å². The van der Waals surface area contributed by atoms with Crippen molar-refractivity contribution in [3.63, 3.8) is 0 Å². The lowest BCUT2D eigenvalue weighted by molar-refractivity contribution is -0.155. The number of nitrogens with zero attached hydrogens (tertiary/aromatic N) is 2. The molecule has 1 amide bonds. The predicted octanol–water partition coefficient (Wildman–Crippen LogP) is 3.13. The standard InChI is InChI=1S/C19H29N3O3S/c1-12-16(13(2)21-19(20-12)26-4)10-11-17(23)25-14(3)18(24)22-15-8-6-5-7-9-15/h14-15H,5-11H2,1-4H3,(H,22,24)/t14-/m0/s1. The summed E-state index contributed by atoms with van der Waals surface area (Å²) >= 11 is 1.50. The van der Waals surface area contributed by atoms with E-state index >= 15 is 0 Å². The second kappa shape index (κ2) is 9.90. The van der Waals surface area contributed by atoms with Crippen LogP contribution in [0.3, 0.4) is 0 Å². The maximum atomic E-state index is 12.2. The van der Waals surface area contributed by atoms with Crippen LogP contribution in [0, 0.1) is 13.8 Å². The van der Waals surface area contributed by atoms with Crippen LogP contribution in [0.2, 0.25) is 0 Å². The van der Waals surface area contributed by atoms with Crippen molar-refractivity contribution in [2.24, 2.45) is 0 Å². The van der Waals surface area contributed by atoms with Crippen molar-refractivity contribution in [3.8, 4) is 0 Å². The molecule has 0 unspecified atom stereocenters. The van der Waals surface area contributed by atoms with Crippen LogP contribution in [0.1, 0.15) is 62.4 Å². The number of ether oxygens (including phenoxy) is 1. The molecule has 1 atom stereocenters. The summed E-state index contributed by atoms with van der Waals surface area (Å²) in [6.07, 6.45) is 7.45. The molecule has 1 aromatic rings. The molecular weight excluding hydrogens is 350 g/mol. The summed E-state index contributed by atoms with van der Waals surface area (Å²) in [7, 11) is 0. The fourth-order valence-corrected chi connectivity index (χ4v) is 3.72. The van der Waals surface area contributed by atoms with Gasteiger partial charge in [0.25, 0.3) is 5.91 Å². The Hall–Kier alpha value is -1.63. The first kappa shape index (κ1) is 20.7. The number of thioether (sulfide) groups is 1. The van der Waals surface area contributed by atoms with Crippen molar-refractivity contribution in [1.82, 2.24) is 15.3 Å². The normalized spacial score (nSPS) is 16.2. The van der Waals surface area contributed by atoms with Gasteiger partial charge in [0.15, 0.2) is 11.3 Å². The molecule has 7 heteroatoms. The minimum atomic E-state index is -0.762. The minimum Gasteiger partial charge on any atom is -0.453 e. The molecule has 6 nitrogen and oxygen atoms in total. The van der Waals surface area contributed by atoms with Gasteiger partial charge in [-0.3, -0.25) is 9.59 Å². The van der Waals surface area contributed by atoms with E-state index in [1.807, 2.05) is 20.1 Å². The summed E-state index contributed by atoms with van der Waals surface area (Å²) in [5, 5.41) is 3.73. The quantitative estimate of drug-likeness (QED) is 0.445. The molecule has 1 N–H and O–H groups in total. The first-order chi connectivity index (χ1) is 12.4. The molecule has 144 valence electrons. The molecule has 1 aromatic heterocycles. The molecule has 1 heterocycles. The van der Waals surface area contributed by atoms with E-state index in [4.69, 9.17) is 4.74 Å². The average Bonchev–Trinajstić information content (AvgIpc) is 2.61. The molecule has 0 aliphatic heterocycles. The lowest BCUT2D eigenvalue weighted by Crippen LogP contribution is -2.42. The van der Waals surface area contributed by atoms with E-state index in [1.54, 1.807) is 6.92 Å². The van der Waals surface area contributed by atoms with Gasteiger partial charge in [0.1, 0.15) is 0 Å². The highest BCUT2D eigenvalue weighted by Crippen LogP contribution is 2.18. The van der Waals surface area contributed by atoms with Gasteiger partial charge in [-0.2, -0.15) is 0 Å². The Morgan fingerprint density at radius 3 is 2.38 bits per heavy atom. The third-order valence-electron chi connectivity index (χ3n) is 4.79. The maximum Gasteiger partial charge on any atom is 0.306 e. The smallest absolute Gasteiger partial charge is 0.306 e. The van der Waals surface area contributed by atoms with E-state index in [9.17, 15) is 9.59 Å². The molecule has 0 radical (unpaired) electrons. The van der Waals surface area contributed by atoms with Crippen LogP contribution < -0.4 is 5.32 Å². The Bertz CT molecular complexity index is 622. The van der Waals surface area contributed by atoms with Crippen molar-refractivity contribution >= 4 is 23.6 Å². The Balaban J connectivity index is 1.81. The molecule has 26 heavy (non-hydrogen) atoms. The molecule has 0 bridgehead atoms. The summed E-state index contributed by atoms with van der Waals surface area (Å²) in [6.45, 7) is 5.48. The van der Waals surface area contributed by atoms with E-state index < -0.39 is 6.10 Å². The predicted molar refractivity (Wildman–Crippen MR) is 102 cm³/mol. The SMILES string of the molecule is CSc1nc(C)c(CCC(=O)O[C@@H](C)C(=O)NC2CCCCC2)c(C)n1. The van der Waals surface area contributed by atoms with Gasteiger partial charge in [0.2, 0.25) is 0 Å². The second-order valence-electron chi connectivity index (χ2n) is 6.84. The average molecular weight is 380 g/mol. The summed E-state index contributed by atoms with van der Waals surface area (Å²) < 4.78 is 5.30. The van der Waals surface area contributed by atoms with Gasteiger partial charge >= 0.3 is 5.97 Å². The highest BCUT2D eigenvalue weighted by molar-refractivity contribution is 7.98. The topological polar surface area (TPSA) is 81.2 Å². The monoisotopic (exact) mass is 379 g/mol. The Labute approximate surface area is 159 Å². The minimum absolute atomic E-state index is 0.203. The zero-order valence-corrected chi connectivity index (χ0v) is 16.9. The van der Waals surface area contributed by atoms with E-state index in [-0.39, 0.29) is 24.3 Å². The third-order valence-corrected chi connectivity index (χ3v) is 5.34. The van der Waals surface area contributed by atoms with Crippen molar-refractivity contribution in [3.05, 3.63) is 17.0 Å². The fraction of sp³-hybridized carbons (Fsp3) is 0.684. The van der Waals surface area contributed by atoms with E-state index in [1.165, 1.54) is 18.2 Å². The first-order valence-corrected chi connectivity index (χ1v) is 10.5. The van der Waals surface area contributed by atoms with Gasteiger partial charge in [0, 0.05) is 23.9 Å². The second-order valence-corrected chi connectivity index (χ2v) is 7.61. The first-order valence-electron chi connectivity index (χ1n) is 9.28. The molecule has 1 aliphatic rings. The number of hydrogen-bond donors (Lipinski definition) is 1. The van der Waals surface area contributed by atoms with Gasteiger partial charge < -0.3 is 10.1 Å². The van der Waals surface area contributed by atoms with Crippen molar-refractivity contribution in [1.29, 1.82) is 0 Å². The van der Waals surface area contributed by atoms with Gasteiger partial charge in [-0.05, 0) is 51.9 Å². The number of aromatic nitrogens is 2. The number of nitrogens with one attached hydrogen (secondary N) is 1. The summed E-state index contributed by atoms with van der Waals surface area (Å²) in [4.78, 5) is 33.2. The van der Waals surface area contributed by atoms with Gasteiger partial charge in [0.05, 0.1) is 0 Å². The van der Waals surface area contributed by atoms with Crippen LogP contribution in [0.4, 0.5) is 0 Å². The Morgan fingerprint density at radius 1 is 1.19 bits per heavy atom. The summed E-state index contributed by atoms with van der Waals surface area (Å²) in [5.41, 5.74) is 2.74. The summed E-state index contributed by atoms with van der Waals surface area (Å²) in [5.74, 6) is -0.575. The lowest BCUT2D eigenvalue weighted by Gasteiger charge is -2.24. The molecule has 2 rings (SSSR count). The van der Waals surface area contributed by atoms with E-state index in [0.717, 1.165) is 47.8 Å². The Morgan fingerprint density at radius 2 is 1.81 bits per heavy atom. The van der Waals surface area contributed by atoms with Crippen molar-refractivity contribution in [2.75, 3.05) is 6.26 Å². The number of carbonyl (C=O) groups excluding carboxylic acids is 2. The third kappa shape index (κ3) is 5.97. The van der Waals surface area contributed by atoms with Crippen molar-refractivity contribution in [2.45, 2.75) is 83.0 Å². The highest BCUT2D eigenvalue weighted by atomic mass is 32.2. The zero-order valence-electron chi connectivity index (χ0n) is 16.1. The van der Waals surface area contributed by atoms with Crippen LogP contribution in [0.15, 0.2) is 5.16 Å². The molecule has 1 saturated carbocycles. The number of hydrogen-bond acceptors (Lipinski definition) is 6. The van der Waals surface area contributed by atoms with Gasteiger partial charge in [-0.1, -0.05) is 31.0 Å². The molecular formula is C19H29N3O3S. The van der Waals surface area contributed by atoms with E-state index in [2.05, 4.69) is 15.3 Å². The fourth-order valence-electron chi connectivity index (χ4n) is 3.26. The molecule has 0 aromatic carbocycles. The lowest BCUT2D eigenvalue weighted by atomic mass is 9.95. The molecule has 1 fully saturated rings. The zero-order chi connectivity index (χ0) is 19.1. The molecule has 1 aliphatic carbocycles. The van der Waals surface area contributed by atoms with Crippen molar-refractivity contribution < 1.29 is 14.3 Å². The number of aryl methyl sites for hydroxylation is 2. The van der Waals surface area contributed by atoms with Crippen LogP contribution >= 0.6 is 11.8 Å². The number of amides is 1. The van der Waals surface area contributed by atoms with Gasteiger partial charge in [-0.15, -0.1) is 0 Å². The maximum absolute atomic E-state index is 12.2. The summed E-state index contributed by atoms with van der Waals surface area (Å²) in [6, 6.07) is 0.217. The number of rotatable bonds is 7. The van der Waals surface area contributed by atoms with Gasteiger partial charge in [-0.25, -0.2) is 9.97 Å². The van der Waals surface area contributed by atoms with Crippen LogP contribution in [-0.2, 0) is 20.7 Å². The van der Waals surface area contributed by atoms with Crippen LogP contribution in [-0.4, -0.2) is 40.2 Å².